The van der Waals surface area contributed by atoms with Gasteiger partial charge in [0, 0.05) is 45.0 Å². The van der Waals surface area contributed by atoms with Gasteiger partial charge in [0.2, 0.25) is 5.91 Å². The second-order valence-electron chi connectivity index (χ2n) is 8.98. The van der Waals surface area contributed by atoms with E-state index >= 15 is 0 Å². The lowest BCUT2D eigenvalue weighted by Crippen LogP contribution is -2.45. The average Bonchev–Trinajstić information content (AvgIpc) is 3.39. The highest BCUT2D eigenvalue weighted by Gasteiger charge is 2.32. The molecule has 0 saturated carbocycles. The van der Waals surface area contributed by atoms with Crippen LogP contribution in [0.4, 0.5) is 8.78 Å². The van der Waals surface area contributed by atoms with Crippen LogP contribution >= 0.6 is 0 Å². The van der Waals surface area contributed by atoms with Crippen molar-refractivity contribution in [2.24, 2.45) is 18.9 Å². The Balaban J connectivity index is 1.39. The lowest BCUT2D eigenvalue weighted by atomic mass is 9.94. The molecule has 1 aliphatic rings. The molecule has 1 aromatic carbocycles. The number of nitrogens with zero attached hydrogens (tertiary/aromatic N) is 5. The van der Waals surface area contributed by atoms with Gasteiger partial charge in [-0.25, -0.2) is 13.8 Å². The Bertz CT molecular complexity index is 1160. The van der Waals surface area contributed by atoms with Crippen LogP contribution in [0.2, 0.25) is 0 Å². The van der Waals surface area contributed by atoms with Crippen LogP contribution < -0.4 is 5.32 Å². The first kappa shape index (κ1) is 22.9. The summed E-state index contributed by atoms with van der Waals surface area (Å²) >= 11 is 0. The maximum absolute atomic E-state index is 13.9. The molecule has 0 spiro atoms. The molecule has 0 radical (unpaired) electrons. The van der Waals surface area contributed by atoms with E-state index in [0.29, 0.717) is 36.2 Å². The molecular formula is C23H28F2N6O2. The van der Waals surface area contributed by atoms with Gasteiger partial charge >= 0.3 is 0 Å². The summed E-state index contributed by atoms with van der Waals surface area (Å²) in [5.74, 6) is -1.94. The molecule has 1 unspecified atom stereocenters. The van der Waals surface area contributed by atoms with E-state index in [9.17, 15) is 18.4 Å². The Morgan fingerprint density at radius 2 is 1.88 bits per heavy atom. The van der Waals surface area contributed by atoms with Crippen molar-refractivity contribution in [1.29, 1.82) is 0 Å². The Hall–Kier alpha value is -3.30. The minimum Gasteiger partial charge on any atom is -0.352 e. The fourth-order valence-electron chi connectivity index (χ4n) is 4.39. The first-order chi connectivity index (χ1) is 15.7. The van der Waals surface area contributed by atoms with Gasteiger partial charge in [-0.05, 0) is 24.7 Å². The number of benzene rings is 1. The fraction of sp³-hybridized carbons (Fsp3) is 0.478. The van der Waals surface area contributed by atoms with Crippen molar-refractivity contribution >= 4 is 22.8 Å². The van der Waals surface area contributed by atoms with Gasteiger partial charge in [0.15, 0.2) is 11.6 Å². The summed E-state index contributed by atoms with van der Waals surface area (Å²) in [6.45, 7) is 5.54. The van der Waals surface area contributed by atoms with E-state index in [1.807, 2.05) is 18.7 Å². The van der Waals surface area contributed by atoms with Crippen molar-refractivity contribution in [2.45, 2.75) is 32.7 Å². The second kappa shape index (κ2) is 9.29. The van der Waals surface area contributed by atoms with Crippen LogP contribution in [0.15, 0.2) is 30.9 Å². The number of nitrogens with one attached hydrogen (secondary N) is 1. The summed E-state index contributed by atoms with van der Waals surface area (Å²) < 4.78 is 30.7. The van der Waals surface area contributed by atoms with Crippen molar-refractivity contribution in [1.82, 2.24) is 29.5 Å². The summed E-state index contributed by atoms with van der Waals surface area (Å²) in [5, 5.41) is 6.95. The number of fused-ring (bicyclic) bond motifs is 1. The van der Waals surface area contributed by atoms with E-state index < -0.39 is 17.7 Å². The van der Waals surface area contributed by atoms with Crippen LogP contribution in [0.3, 0.4) is 0 Å². The van der Waals surface area contributed by atoms with Crippen molar-refractivity contribution in [3.05, 3.63) is 48.1 Å². The molecule has 8 nitrogen and oxygen atoms in total. The highest BCUT2D eigenvalue weighted by atomic mass is 19.2. The van der Waals surface area contributed by atoms with Crippen molar-refractivity contribution < 1.29 is 18.4 Å². The highest BCUT2D eigenvalue weighted by molar-refractivity contribution is 5.93. The molecule has 176 valence electrons. The summed E-state index contributed by atoms with van der Waals surface area (Å²) in [6.07, 6.45) is 6.22. The number of carbonyl (C=O) groups excluding carboxylic acids is 2. The first-order valence-corrected chi connectivity index (χ1v) is 11.1. The van der Waals surface area contributed by atoms with Crippen molar-refractivity contribution in [2.75, 3.05) is 19.6 Å². The molecule has 1 atom stereocenters. The predicted octanol–water partition coefficient (Wildman–Crippen LogP) is 2.91. The molecule has 1 aliphatic heterocycles. The monoisotopic (exact) mass is 458 g/mol. The molecule has 3 aromatic rings. The SMILES string of the molecule is CC(C)C(C(=O)N1CCC(CNC(=O)c2cnn(C)c2)CC1)n1cnc2cc(F)c(F)cc21. The smallest absolute Gasteiger partial charge is 0.254 e. The quantitative estimate of drug-likeness (QED) is 0.616. The zero-order chi connectivity index (χ0) is 23.7. The topological polar surface area (TPSA) is 85.0 Å². The fourth-order valence-corrected chi connectivity index (χ4v) is 4.39. The number of hydrogen-bond acceptors (Lipinski definition) is 4. The van der Waals surface area contributed by atoms with Gasteiger partial charge < -0.3 is 14.8 Å². The van der Waals surface area contributed by atoms with Gasteiger partial charge in [-0.1, -0.05) is 13.8 Å². The highest BCUT2D eigenvalue weighted by Crippen LogP contribution is 2.28. The molecule has 1 N–H and O–H groups in total. The maximum Gasteiger partial charge on any atom is 0.254 e. The number of piperidine rings is 1. The van der Waals surface area contributed by atoms with Gasteiger partial charge in [0.05, 0.1) is 29.1 Å². The van der Waals surface area contributed by atoms with Crippen molar-refractivity contribution in [3.63, 3.8) is 0 Å². The number of imidazole rings is 1. The van der Waals surface area contributed by atoms with E-state index in [0.717, 1.165) is 25.0 Å². The third kappa shape index (κ3) is 4.74. The summed E-state index contributed by atoms with van der Waals surface area (Å²) in [6, 6.07) is 1.58. The third-order valence-electron chi connectivity index (χ3n) is 6.25. The van der Waals surface area contributed by atoms with Crippen LogP contribution in [0, 0.1) is 23.5 Å². The lowest BCUT2D eigenvalue weighted by molar-refractivity contribution is -0.137. The molecule has 3 heterocycles. The number of amides is 2. The summed E-state index contributed by atoms with van der Waals surface area (Å²) in [5.41, 5.74) is 1.23. The minimum absolute atomic E-state index is 0.0631. The van der Waals surface area contributed by atoms with E-state index in [2.05, 4.69) is 15.4 Å². The molecule has 0 bridgehead atoms. The number of aryl methyl sites for hydroxylation is 1. The Kier molecular flexibility index (Phi) is 6.44. The van der Waals surface area contributed by atoms with Crippen LogP contribution in [0.25, 0.3) is 11.0 Å². The van der Waals surface area contributed by atoms with E-state index in [4.69, 9.17) is 0 Å². The molecule has 33 heavy (non-hydrogen) atoms. The standard InChI is InChI=1S/C23H28F2N6O2/c1-14(2)21(31-13-27-19-8-17(24)18(25)9-20(19)31)23(33)30-6-4-15(5-7-30)10-26-22(32)16-11-28-29(3)12-16/h8-9,11-15,21H,4-7,10H2,1-3H3,(H,26,32). The molecule has 2 amide bonds. The number of rotatable bonds is 6. The van der Waals surface area contributed by atoms with Gasteiger partial charge in [0.25, 0.3) is 5.91 Å². The zero-order valence-corrected chi connectivity index (χ0v) is 19.0. The third-order valence-corrected chi connectivity index (χ3v) is 6.25. The number of likely N-dealkylation sites (tertiary alicyclic amines) is 1. The first-order valence-electron chi connectivity index (χ1n) is 11.1. The Morgan fingerprint density at radius 1 is 1.18 bits per heavy atom. The largest absolute Gasteiger partial charge is 0.352 e. The Labute approximate surface area is 190 Å². The van der Waals surface area contributed by atoms with E-state index in [-0.39, 0.29) is 23.7 Å². The number of carbonyl (C=O) groups is 2. The number of halogens is 2. The minimum atomic E-state index is -0.964. The second-order valence-corrected chi connectivity index (χ2v) is 8.98. The molecule has 4 rings (SSSR count). The summed E-state index contributed by atoms with van der Waals surface area (Å²) in [4.78, 5) is 31.6. The number of aromatic nitrogens is 4. The molecule has 10 heteroatoms. The van der Waals surface area contributed by atoms with Gasteiger partial charge in [0.1, 0.15) is 6.04 Å². The van der Waals surface area contributed by atoms with E-state index in [1.54, 1.807) is 22.5 Å². The van der Waals surface area contributed by atoms with Crippen LogP contribution in [-0.4, -0.2) is 55.7 Å². The molecule has 2 aromatic heterocycles. The summed E-state index contributed by atoms with van der Waals surface area (Å²) in [7, 11) is 1.76. The van der Waals surface area contributed by atoms with Gasteiger partial charge in [-0.3, -0.25) is 14.3 Å². The molecule has 1 saturated heterocycles. The van der Waals surface area contributed by atoms with Crippen LogP contribution in [0.5, 0.6) is 0 Å². The average molecular weight is 459 g/mol. The van der Waals surface area contributed by atoms with Crippen molar-refractivity contribution in [3.8, 4) is 0 Å². The Morgan fingerprint density at radius 3 is 2.52 bits per heavy atom. The van der Waals surface area contributed by atoms with E-state index in [1.165, 1.54) is 12.5 Å². The van der Waals surface area contributed by atoms with Gasteiger partial charge in [-0.15, -0.1) is 0 Å². The normalized spacial score (nSPS) is 15.9. The zero-order valence-electron chi connectivity index (χ0n) is 19.0. The molecular weight excluding hydrogens is 430 g/mol. The maximum atomic E-state index is 13.9. The lowest BCUT2D eigenvalue weighted by Gasteiger charge is -2.35. The number of hydrogen-bond donors (Lipinski definition) is 1. The van der Waals surface area contributed by atoms with Crippen LogP contribution in [0.1, 0.15) is 43.1 Å². The molecule has 1 fully saturated rings. The molecule has 0 aliphatic carbocycles. The predicted molar refractivity (Wildman–Crippen MR) is 118 cm³/mol. The van der Waals surface area contributed by atoms with Gasteiger partial charge in [-0.2, -0.15) is 5.10 Å². The van der Waals surface area contributed by atoms with Crippen LogP contribution in [-0.2, 0) is 11.8 Å².